The third kappa shape index (κ3) is 13.4. The standard InChI is InChI=1S/C5H10O.C3Cl6O3/c1-5-3-2-4-6-5;4-2(5,6)11-1(10)12-3(7,8)9/h5H,2-4H2,1H3;. The van der Waals surface area contributed by atoms with Crippen molar-refractivity contribution < 1.29 is 19.0 Å². The summed E-state index contributed by atoms with van der Waals surface area (Å²) in [5.41, 5.74) is 0. The Kier molecular flexibility index (Phi) is 8.75. The predicted molar refractivity (Wildman–Crippen MR) is 72.8 cm³/mol. The molecular weight excluding hydrogens is 373 g/mol. The highest BCUT2D eigenvalue weighted by Crippen LogP contribution is 2.32. The van der Waals surface area contributed by atoms with E-state index in [9.17, 15) is 4.79 Å². The van der Waals surface area contributed by atoms with E-state index in [0.29, 0.717) is 6.10 Å². The topological polar surface area (TPSA) is 44.8 Å². The SMILES string of the molecule is CC1CCCO1.O=C(OC(Cl)(Cl)Cl)OC(Cl)(Cl)Cl. The van der Waals surface area contributed by atoms with Gasteiger partial charge in [0.2, 0.25) is 0 Å². The minimum atomic E-state index is -2.24. The summed E-state index contributed by atoms with van der Waals surface area (Å²) < 4.78 is 8.66. The van der Waals surface area contributed by atoms with Crippen LogP contribution in [0, 0.1) is 0 Å². The summed E-state index contributed by atoms with van der Waals surface area (Å²) in [6.45, 7) is 3.11. The van der Waals surface area contributed by atoms with Crippen LogP contribution in [-0.2, 0) is 14.2 Å². The fourth-order valence-corrected chi connectivity index (χ4v) is 1.33. The first-order chi connectivity index (χ1) is 7.99. The third-order valence-corrected chi connectivity index (χ3v) is 2.02. The minimum absolute atomic E-state index is 0.546. The van der Waals surface area contributed by atoms with E-state index in [2.05, 4.69) is 16.4 Å². The van der Waals surface area contributed by atoms with Gasteiger partial charge in [-0.3, -0.25) is 0 Å². The zero-order chi connectivity index (χ0) is 14.4. The van der Waals surface area contributed by atoms with Crippen molar-refractivity contribution >= 4 is 75.8 Å². The van der Waals surface area contributed by atoms with Gasteiger partial charge in [-0.25, -0.2) is 4.79 Å². The van der Waals surface area contributed by atoms with E-state index in [0.717, 1.165) is 6.61 Å². The van der Waals surface area contributed by atoms with Crippen LogP contribution >= 0.6 is 69.6 Å². The van der Waals surface area contributed by atoms with Crippen LogP contribution in [0.3, 0.4) is 0 Å². The van der Waals surface area contributed by atoms with Crippen molar-refractivity contribution in [1.29, 1.82) is 0 Å². The number of alkyl halides is 6. The highest BCUT2D eigenvalue weighted by atomic mass is 35.6. The molecule has 1 aliphatic heterocycles. The molecule has 0 spiro atoms. The Hall–Kier alpha value is 0.970. The maximum absolute atomic E-state index is 10.5. The molecule has 1 aliphatic rings. The molecule has 4 nitrogen and oxygen atoms in total. The van der Waals surface area contributed by atoms with Gasteiger partial charge in [-0.15, -0.1) is 0 Å². The van der Waals surface area contributed by atoms with E-state index in [1.165, 1.54) is 12.8 Å². The Balaban J connectivity index is 0.000000397. The fraction of sp³-hybridized carbons (Fsp3) is 0.875. The van der Waals surface area contributed by atoms with Crippen LogP contribution in [0.15, 0.2) is 0 Å². The first-order valence-corrected chi connectivity index (χ1v) is 6.93. The van der Waals surface area contributed by atoms with Gasteiger partial charge in [-0.05, 0) is 89.4 Å². The molecule has 1 fully saturated rings. The summed E-state index contributed by atoms with van der Waals surface area (Å²) in [4.78, 5) is 10.5. The van der Waals surface area contributed by atoms with Gasteiger partial charge >= 0.3 is 14.1 Å². The highest BCUT2D eigenvalue weighted by molar-refractivity contribution is 6.67. The van der Waals surface area contributed by atoms with Gasteiger partial charge in [0.05, 0.1) is 6.10 Å². The number of hydrogen-bond acceptors (Lipinski definition) is 4. The predicted octanol–water partition coefficient (Wildman–Crippen LogP) is 4.98. The quantitative estimate of drug-likeness (QED) is 0.437. The maximum atomic E-state index is 10.5. The van der Waals surface area contributed by atoms with Crippen LogP contribution < -0.4 is 0 Å². The smallest absolute Gasteiger partial charge is 0.382 e. The molecule has 18 heavy (non-hydrogen) atoms. The summed E-state index contributed by atoms with van der Waals surface area (Å²) >= 11 is 30.2. The molecule has 0 aromatic rings. The van der Waals surface area contributed by atoms with Crippen LogP contribution in [-0.4, -0.2) is 26.8 Å². The molecule has 0 N–H and O–H groups in total. The molecule has 1 unspecified atom stereocenters. The molecule has 0 aromatic carbocycles. The maximum Gasteiger partial charge on any atom is 0.515 e. The summed E-state index contributed by atoms with van der Waals surface area (Å²) in [6, 6.07) is 0. The van der Waals surface area contributed by atoms with Crippen LogP contribution in [0.1, 0.15) is 19.8 Å². The van der Waals surface area contributed by atoms with E-state index in [4.69, 9.17) is 74.3 Å². The zero-order valence-corrected chi connectivity index (χ0v) is 13.6. The number of carbonyl (C=O) groups excluding carboxylic acids is 1. The van der Waals surface area contributed by atoms with Crippen molar-refractivity contribution in [2.75, 3.05) is 6.61 Å². The Morgan fingerprint density at radius 3 is 1.72 bits per heavy atom. The first kappa shape index (κ1) is 19.0. The molecule has 0 bridgehead atoms. The van der Waals surface area contributed by atoms with Crippen molar-refractivity contribution in [3.8, 4) is 0 Å². The number of hydrogen-bond donors (Lipinski definition) is 0. The second-order valence-corrected chi connectivity index (χ2v) is 7.52. The molecule has 0 radical (unpaired) electrons. The minimum Gasteiger partial charge on any atom is -0.382 e. The fourth-order valence-electron chi connectivity index (χ4n) is 0.948. The lowest BCUT2D eigenvalue weighted by Crippen LogP contribution is -2.22. The summed E-state index contributed by atoms with van der Waals surface area (Å²) in [7, 11) is 0. The Bertz CT molecular complexity index is 237. The normalized spacial score (nSPS) is 19.8. The number of ether oxygens (including phenoxy) is 3. The summed E-state index contributed by atoms with van der Waals surface area (Å²) in [5, 5.41) is 0. The van der Waals surface area contributed by atoms with Crippen LogP contribution in [0.4, 0.5) is 4.79 Å². The van der Waals surface area contributed by atoms with Crippen molar-refractivity contribution in [1.82, 2.24) is 0 Å². The van der Waals surface area contributed by atoms with Crippen LogP contribution in [0.25, 0.3) is 0 Å². The van der Waals surface area contributed by atoms with Crippen molar-refractivity contribution in [2.24, 2.45) is 0 Å². The monoisotopic (exact) mass is 380 g/mol. The van der Waals surface area contributed by atoms with Crippen molar-refractivity contribution in [3.63, 3.8) is 0 Å². The molecule has 0 aromatic heterocycles. The van der Waals surface area contributed by atoms with Gasteiger partial charge in [-0.2, -0.15) is 0 Å². The second kappa shape index (κ2) is 8.30. The van der Waals surface area contributed by atoms with Gasteiger partial charge in [0.1, 0.15) is 0 Å². The number of carbonyl (C=O) groups is 1. The molecule has 0 saturated carbocycles. The van der Waals surface area contributed by atoms with Crippen LogP contribution in [0.2, 0.25) is 0 Å². The molecule has 1 heterocycles. The van der Waals surface area contributed by atoms with E-state index < -0.39 is 14.1 Å². The number of rotatable bonds is 0. The lowest BCUT2D eigenvalue weighted by molar-refractivity contribution is 0.0508. The average Bonchev–Trinajstić information content (AvgIpc) is 2.48. The van der Waals surface area contributed by atoms with Crippen molar-refractivity contribution in [2.45, 2.75) is 33.8 Å². The molecule has 1 rings (SSSR count). The van der Waals surface area contributed by atoms with Gasteiger partial charge in [0.15, 0.2) is 0 Å². The van der Waals surface area contributed by atoms with E-state index in [1.807, 2.05) is 0 Å². The second-order valence-electron chi connectivity index (χ2n) is 3.17. The molecule has 1 atom stereocenters. The Morgan fingerprint density at radius 1 is 1.11 bits per heavy atom. The average molecular weight is 383 g/mol. The van der Waals surface area contributed by atoms with Gasteiger partial charge in [0, 0.05) is 6.61 Å². The number of halogens is 6. The van der Waals surface area contributed by atoms with E-state index >= 15 is 0 Å². The Morgan fingerprint density at radius 2 is 1.56 bits per heavy atom. The third-order valence-electron chi connectivity index (χ3n) is 1.56. The van der Waals surface area contributed by atoms with Crippen molar-refractivity contribution in [3.05, 3.63) is 0 Å². The molecule has 0 aliphatic carbocycles. The molecular formula is C8H10Cl6O4. The van der Waals surface area contributed by atoms with Crippen LogP contribution in [0.5, 0.6) is 0 Å². The van der Waals surface area contributed by atoms with Gasteiger partial charge in [-0.1, -0.05) is 0 Å². The lowest BCUT2D eigenvalue weighted by atomic mass is 10.3. The first-order valence-electron chi connectivity index (χ1n) is 4.66. The van der Waals surface area contributed by atoms with E-state index in [-0.39, 0.29) is 0 Å². The largest absolute Gasteiger partial charge is 0.515 e. The zero-order valence-electron chi connectivity index (χ0n) is 9.10. The molecule has 0 amide bonds. The lowest BCUT2D eigenvalue weighted by Gasteiger charge is -2.15. The molecule has 1 saturated heterocycles. The van der Waals surface area contributed by atoms with Gasteiger partial charge in [0.25, 0.3) is 0 Å². The van der Waals surface area contributed by atoms with Gasteiger partial charge < -0.3 is 14.2 Å². The summed E-state index contributed by atoms with van der Waals surface area (Å²) in [5.74, 6) is 0. The molecule has 108 valence electrons. The summed E-state index contributed by atoms with van der Waals surface area (Å²) in [6.07, 6.45) is 1.67. The molecule has 10 heteroatoms. The Labute approximate surface area is 135 Å². The van der Waals surface area contributed by atoms with E-state index in [1.54, 1.807) is 0 Å². The highest BCUT2D eigenvalue weighted by Gasteiger charge is 2.32.